The summed E-state index contributed by atoms with van der Waals surface area (Å²) in [6.07, 6.45) is 0.274. The summed E-state index contributed by atoms with van der Waals surface area (Å²) in [5, 5.41) is 0. The molecule has 4 rings (SSSR count). The standard InChI is InChI=1S/C21H24F3N5O/c1-13-17(10-26-28-13)20(30)29-7-5-14(6-8-29)18-11-25-12-19(27-18)15-3-2-4-16(9-15)21(22,23)24/h2-4,9,11-14,17,26,28H,5-8,10H2,1H3. The first kappa shape index (κ1) is 20.7. The molecule has 6 nitrogen and oxygen atoms in total. The van der Waals surface area contributed by atoms with Crippen molar-refractivity contribution in [3.8, 4) is 11.3 Å². The molecule has 1 amide bonds. The zero-order chi connectivity index (χ0) is 21.3. The molecule has 2 aliphatic rings. The number of alkyl halides is 3. The van der Waals surface area contributed by atoms with E-state index in [1.807, 2.05) is 11.8 Å². The Hall–Kier alpha value is -2.52. The molecular weight excluding hydrogens is 395 g/mol. The molecule has 1 aromatic carbocycles. The van der Waals surface area contributed by atoms with Gasteiger partial charge in [-0.05, 0) is 31.9 Å². The third kappa shape index (κ3) is 4.32. The number of nitrogens with zero attached hydrogens (tertiary/aromatic N) is 3. The molecule has 160 valence electrons. The van der Waals surface area contributed by atoms with Gasteiger partial charge >= 0.3 is 6.18 Å². The first-order valence-electron chi connectivity index (χ1n) is 10.1. The summed E-state index contributed by atoms with van der Waals surface area (Å²) in [5.41, 5.74) is 6.97. The Balaban J connectivity index is 1.45. The van der Waals surface area contributed by atoms with Gasteiger partial charge in [0, 0.05) is 43.4 Å². The maximum absolute atomic E-state index is 13.0. The van der Waals surface area contributed by atoms with Gasteiger partial charge in [-0.1, -0.05) is 12.1 Å². The summed E-state index contributed by atoms with van der Waals surface area (Å²) in [5.74, 6) is 0.220. The number of rotatable bonds is 3. The van der Waals surface area contributed by atoms with Crippen molar-refractivity contribution >= 4 is 5.91 Å². The van der Waals surface area contributed by atoms with Crippen LogP contribution in [0, 0.1) is 5.92 Å². The second kappa shape index (κ2) is 8.31. The molecule has 0 radical (unpaired) electrons. The van der Waals surface area contributed by atoms with Crippen LogP contribution in [0.3, 0.4) is 0 Å². The zero-order valence-corrected chi connectivity index (χ0v) is 16.6. The highest BCUT2D eigenvalue weighted by Crippen LogP contribution is 2.33. The highest BCUT2D eigenvalue weighted by atomic mass is 19.4. The number of likely N-dealkylation sites (tertiary alicyclic amines) is 1. The molecule has 2 atom stereocenters. The molecule has 2 fully saturated rings. The molecule has 2 saturated heterocycles. The first-order valence-corrected chi connectivity index (χ1v) is 10.1. The Bertz CT molecular complexity index is 912. The van der Waals surface area contributed by atoms with Crippen LogP contribution in [-0.2, 0) is 11.0 Å². The van der Waals surface area contributed by atoms with Gasteiger partial charge in [0.1, 0.15) is 0 Å². The minimum Gasteiger partial charge on any atom is -0.342 e. The Kier molecular flexibility index (Phi) is 5.75. The molecule has 2 aliphatic heterocycles. The largest absolute Gasteiger partial charge is 0.416 e. The highest BCUT2D eigenvalue weighted by Gasteiger charge is 2.35. The van der Waals surface area contributed by atoms with Gasteiger partial charge < -0.3 is 4.90 Å². The fourth-order valence-corrected chi connectivity index (χ4v) is 4.11. The van der Waals surface area contributed by atoms with Gasteiger partial charge in [-0.2, -0.15) is 13.2 Å². The summed E-state index contributed by atoms with van der Waals surface area (Å²) in [7, 11) is 0. The number of aromatic nitrogens is 2. The molecule has 3 heterocycles. The molecule has 1 aromatic heterocycles. The summed E-state index contributed by atoms with van der Waals surface area (Å²) in [6, 6.07) is 5.23. The topological polar surface area (TPSA) is 70.2 Å². The molecule has 2 unspecified atom stereocenters. The van der Waals surface area contributed by atoms with Gasteiger partial charge in [0.15, 0.2) is 0 Å². The summed E-state index contributed by atoms with van der Waals surface area (Å²) >= 11 is 0. The zero-order valence-electron chi connectivity index (χ0n) is 16.6. The number of benzene rings is 1. The number of carbonyl (C=O) groups excluding carboxylic acids is 1. The van der Waals surface area contributed by atoms with Gasteiger partial charge in [-0.25, -0.2) is 4.98 Å². The fraction of sp³-hybridized carbons (Fsp3) is 0.476. The van der Waals surface area contributed by atoms with E-state index in [1.165, 1.54) is 12.3 Å². The van der Waals surface area contributed by atoms with Crippen LogP contribution in [0.25, 0.3) is 11.3 Å². The molecule has 0 aliphatic carbocycles. The number of hydrogen-bond acceptors (Lipinski definition) is 5. The predicted octanol–water partition coefficient (Wildman–Crippen LogP) is 2.98. The molecule has 9 heteroatoms. The highest BCUT2D eigenvalue weighted by molar-refractivity contribution is 5.80. The number of hydrogen-bond donors (Lipinski definition) is 2. The Labute approximate surface area is 172 Å². The number of nitrogens with one attached hydrogen (secondary N) is 2. The van der Waals surface area contributed by atoms with Crippen molar-refractivity contribution in [1.82, 2.24) is 25.7 Å². The number of piperidine rings is 1. The molecule has 0 spiro atoms. The maximum atomic E-state index is 13.0. The second-order valence-electron chi connectivity index (χ2n) is 7.93. The summed E-state index contributed by atoms with van der Waals surface area (Å²) in [4.78, 5) is 23.4. The van der Waals surface area contributed by atoms with E-state index in [0.29, 0.717) is 30.9 Å². The molecular formula is C21H24F3N5O. The summed E-state index contributed by atoms with van der Waals surface area (Å²) in [6.45, 7) is 3.90. The summed E-state index contributed by atoms with van der Waals surface area (Å²) < 4.78 is 39.0. The van der Waals surface area contributed by atoms with Gasteiger partial charge in [0.2, 0.25) is 5.91 Å². The normalized spacial score (nSPS) is 23.0. The van der Waals surface area contributed by atoms with Crippen LogP contribution in [0.1, 0.15) is 36.9 Å². The maximum Gasteiger partial charge on any atom is 0.416 e. The van der Waals surface area contributed by atoms with E-state index in [-0.39, 0.29) is 23.8 Å². The molecule has 0 saturated carbocycles. The third-order valence-corrected chi connectivity index (χ3v) is 5.94. The Morgan fingerprint density at radius 3 is 2.63 bits per heavy atom. The van der Waals surface area contributed by atoms with Crippen LogP contribution in [-0.4, -0.2) is 46.5 Å². The number of amides is 1. The van der Waals surface area contributed by atoms with Crippen molar-refractivity contribution in [1.29, 1.82) is 0 Å². The minimum atomic E-state index is -4.40. The van der Waals surface area contributed by atoms with E-state index in [4.69, 9.17) is 0 Å². The lowest BCUT2D eigenvalue weighted by molar-refractivity contribution is -0.138. The van der Waals surface area contributed by atoms with Gasteiger partial charge in [0.25, 0.3) is 0 Å². The second-order valence-corrected chi connectivity index (χ2v) is 7.93. The first-order chi connectivity index (χ1) is 14.3. The van der Waals surface area contributed by atoms with Crippen molar-refractivity contribution in [3.63, 3.8) is 0 Å². The van der Waals surface area contributed by atoms with Crippen molar-refractivity contribution in [2.75, 3.05) is 19.6 Å². The number of hydrazine groups is 1. The lowest BCUT2D eigenvalue weighted by atomic mass is 9.92. The minimum absolute atomic E-state index is 0.0643. The van der Waals surface area contributed by atoms with Crippen molar-refractivity contribution in [2.45, 2.75) is 37.9 Å². The Morgan fingerprint density at radius 1 is 1.20 bits per heavy atom. The third-order valence-electron chi connectivity index (χ3n) is 5.94. The lowest BCUT2D eigenvalue weighted by Crippen LogP contribution is -2.44. The van der Waals surface area contributed by atoms with Crippen LogP contribution in [0.2, 0.25) is 0 Å². The average Bonchev–Trinajstić information content (AvgIpc) is 3.19. The molecule has 30 heavy (non-hydrogen) atoms. The van der Waals surface area contributed by atoms with E-state index < -0.39 is 11.7 Å². The fourth-order valence-electron chi connectivity index (χ4n) is 4.11. The lowest BCUT2D eigenvalue weighted by Gasteiger charge is -2.33. The monoisotopic (exact) mass is 419 g/mol. The van der Waals surface area contributed by atoms with Gasteiger partial charge in [-0.3, -0.25) is 20.6 Å². The van der Waals surface area contributed by atoms with E-state index in [9.17, 15) is 18.0 Å². The van der Waals surface area contributed by atoms with Crippen LogP contribution in [0.5, 0.6) is 0 Å². The van der Waals surface area contributed by atoms with Gasteiger partial charge in [0.05, 0.1) is 29.1 Å². The van der Waals surface area contributed by atoms with Crippen molar-refractivity contribution in [2.24, 2.45) is 5.92 Å². The molecule has 2 aromatic rings. The van der Waals surface area contributed by atoms with Crippen LogP contribution in [0.4, 0.5) is 13.2 Å². The van der Waals surface area contributed by atoms with Crippen molar-refractivity contribution < 1.29 is 18.0 Å². The predicted molar refractivity (Wildman–Crippen MR) is 105 cm³/mol. The number of carbonyl (C=O) groups is 1. The smallest absolute Gasteiger partial charge is 0.342 e. The molecule has 0 bridgehead atoms. The molecule has 2 N–H and O–H groups in total. The van der Waals surface area contributed by atoms with E-state index in [2.05, 4.69) is 20.8 Å². The van der Waals surface area contributed by atoms with Crippen LogP contribution >= 0.6 is 0 Å². The average molecular weight is 419 g/mol. The van der Waals surface area contributed by atoms with Crippen LogP contribution < -0.4 is 10.9 Å². The SMILES string of the molecule is CC1NNCC1C(=O)N1CCC(c2cncc(-c3cccc(C(F)(F)F)c3)n2)CC1. The number of halogens is 3. The van der Waals surface area contributed by atoms with Crippen LogP contribution in [0.15, 0.2) is 36.7 Å². The van der Waals surface area contributed by atoms with E-state index in [1.54, 1.807) is 12.3 Å². The van der Waals surface area contributed by atoms with E-state index in [0.717, 1.165) is 30.7 Å². The van der Waals surface area contributed by atoms with Crippen molar-refractivity contribution in [3.05, 3.63) is 47.9 Å². The van der Waals surface area contributed by atoms with E-state index >= 15 is 0 Å². The van der Waals surface area contributed by atoms with Gasteiger partial charge in [-0.15, -0.1) is 0 Å². The quantitative estimate of drug-likeness (QED) is 0.801. The Morgan fingerprint density at radius 2 is 1.97 bits per heavy atom.